The summed E-state index contributed by atoms with van der Waals surface area (Å²) in [5.74, 6) is 0.0778. The van der Waals surface area contributed by atoms with Crippen LogP contribution in [-0.2, 0) is 9.53 Å². The van der Waals surface area contributed by atoms with E-state index in [-0.39, 0.29) is 5.91 Å². The number of hydrogen-bond acceptors (Lipinski definition) is 3. The van der Waals surface area contributed by atoms with Crippen LogP contribution in [0.15, 0.2) is 0 Å². The Bertz CT molecular complexity index is 212. The fraction of sp³-hybridized carbons (Fsp3) is 0.900. The first-order chi connectivity index (χ1) is 6.53. The van der Waals surface area contributed by atoms with Gasteiger partial charge in [-0.1, -0.05) is 0 Å². The van der Waals surface area contributed by atoms with Crippen LogP contribution in [0.1, 0.15) is 20.8 Å². The highest BCUT2D eigenvalue weighted by Gasteiger charge is 2.36. The Hall–Kier alpha value is -0.610. The Labute approximate surface area is 85.6 Å². The largest absolute Gasteiger partial charge is 0.369 e. The van der Waals surface area contributed by atoms with Crippen molar-refractivity contribution in [3.63, 3.8) is 0 Å². The van der Waals surface area contributed by atoms with Gasteiger partial charge in [0.2, 0.25) is 0 Å². The molecule has 82 valence electrons. The smallest absolute Gasteiger partial charge is 0.254 e. The summed E-state index contributed by atoms with van der Waals surface area (Å²) in [6.45, 7) is 8.17. The van der Waals surface area contributed by atoms with Gasteiger partial charge in [-0.25, -0.2) is 0 Å². The highest BCUT2D eigenvalue weighted by atomic mass is 16.5. The third-order valence-electron chi connectivity index (χ3n) is 2.83. The van der Waals surface area contributed by atoms with Gasteiger partial charge in [0.05, 0.1) is 6.04 Å². The molecule has 1 fully saturated rings. The second kappa shape index (κ2) is 4.28. The first kappa shape index (κ1) is 11.5. The predicted octanol–water partition coefficient (Wildman–Crippen LogP) is 0.232. The van der Waals surface area contributed by atoms with Crippen LogP contribution in [0.4, 0.5) is 0 Å². The van der Waals surface area contributed by atoms with Gasteiger partial charge >= 0.3 is 0 Å². The molecule has 0 spiro atoms. The van der Waals surface area contributed by atoms with Crippen LogP contribution in [0, 0.1) is 0 Å². The van der Waals surface area contributed by atoms with Crippen molar-refractivity contribution in [2.75, 3.05) is 26.7 Å². The first-order valence-corrected chi connectivity index (χ1v) is 5.10. The summed E-state index contributed by atoms with van der Waals surface area (Å²) in [5, 5.41) is 3.17. The van der Waals surface area contributed by atoms with Gasteiger partial charge in [0.15, 0.2) is 0 Å². The Kier molecular flexibility index (Phi) is 3.50. The molecule has 0 aliphatic carbocycles. The molecule has 4 heteroatoms. The number of nitrogens with one attached hydrogen (secondary N) is 1. The minimum atomic E-state index is -0.703. The van der Waals surface area contributed by atoms with E-state index in [4.69, 9.17) is 4.74 Å². The molecule has 0 unspecified atom stereocenters. The molecule has 0 bridgehead atoms. The second-order valence-electron chi connectivity index (χ2n) is 4.12. The number of methoxy groups -OCH3 is 1. The van der Waals surface area contributed by atoms with Gasteiger partial charge in [0, 0.05) is 26.7 Å². The van der Waals surface area contributed by atoms with Crippen molar-refractivity contribution in [2.45, 2.75) is 32.4 Å². The molecule has 1 aliphatic heterocycles. The lowest BCUT2D eigenvalue weighted by Crippen LogP contribution is -2.62. The Morgan fingerprint density at radius 3 is 2.43 bits per heavy atom. The fourth-order valence-corrected chi connectivity index (χ4v) is 1.49. The highest BCUT2D eigenvalue weighted by Crippen LogP contribution is 2.16. The molecule has 1 saturated heterocycles. The maximum atomic E-state index is 12.0. The van der Waals surface area contributed by atoms with Crippen molar-refractivity contribution in [1.29, 1.82) is 0 Å². The summed E-state index contributed by atoms with van der Waals surface area (Å²) in [6.07, 6.45) is 0. The first-order valence-electron chi connectivity index (χ1n) is 5.10. The van der Waals surface area contributed by atoms with E-state index in [1.807, 2.05) is 25.7 Å². The van der Waals surface area contributed by atoms with Crippen molar-refractivity contribution in [3.05, 3.63) is 0 Å². The molecule has 0 atom stereocenters. The van der Waals surface area contributed by atoms with Crippen LogP contribution in [0.3, 0.4) is 0 Å². The number of rotatable bonds is 4. The normalized spacial score (nSPS) is 17.7. The molecule has 0 saturated carbocycles. The van der Waals surface area contributed by atoms with E-state index in [0.29, 0.717) is 6.04 Å². The molecule has 0 aromatic heterocycles. The number of likely N-dealkylation sites (N-methyl/N-ethyl adjacent to an activating group) is 1. The molecule has 0 aromatic carbocycles. The van der Waals surface area contributed by atoms with Crippen LogP contribution in [-0.4, -0.2) is 49.2 Å². The zero-order valence-electron chi connectivity index (χ0n) is 9.46. The Balaban J connectivity index is 2.64. The molecule has 4 nitrogen and oxygen atoms in total. The van der Waals surface area contributed by atoms with Gasteiger partial charge in [0.25, 0.3) is 5.91 Å². The van der Waals surface area contributed by atoms with E-state index < -0.39 is 5.60 Å². The lowest BCUT2D eigenvalue weighted by molar-refractivity contribution is -0.154. The van der Waals surface area contributed by atoms with Crippen LogP contribution < -0.4 is 5.32 Å². The van der Waals surface area contributed by atoms with Crippen molar-refractivity contribution in [1.82, 2.24) is 10.2 Å². The maximum Gasteiger partial charge on any atom is 0.254 e. The van der Waals surface area contributed by atoms with Crippen molar-refractivity contribution in [3.8, 4) is 0 Å². The molecule has 1 heterocycles. The lowest BCUT2D eigenvalue weighted by Gasteiger charge is -2.40. The quantitative estimate of drug-likeness (QED) is 0.706. The van der Waals surface area contributed by atoms with Crippen LogP contribution in [0.2, 0.25) is 0 Å². The number of carbonyl (C=O) groups excluding carboxylic acids is 1. The third kappa shape index (κ3) is 2.07. The predicted molar refractivity (Wildman–Crippen MR) is 55.1 cm³/mol. The van der Waals surface area contributed by atoms with Gasteiger partial charge in [-0.05, 0) is 20.8 Å². The number of carbonyl (C=O) groups is 1. The van der Waals surface area contributed by atoms with E-state index in [2.05, 4.69) is 5.32 Å². The topological polar surface area (TPSA) is 41.6 Å². The van der Waals surface area contributed by atoms with E-state index in [1.165, 1.54) is 0 Å². The van der Waals surface area contributed by atoms with Crippen molar-refractivity contribution in [2.24, 2.45) is 0 Å². The van der Waals surface area contributed by atoms with Crippen molar-refractivity contribution < 1.29 is 9.53 Å². The van der Waals surface area contributed by atoms with Gasteiger partial charge in [-0.15, -0.1) is 0 Å². The number of nitrogens with zero attached hydrogens (tertiary/aromatic N) is 1. The van der Waals surface area contributed by atoms with E-state index in [9.17, 15) is 4.79 Å². The molecule has 1 aliphatic rings. The van der Waals surface area contributed by atoms with Crippen LogP contribution in [0.25, 0.3) is 0 Å². The molecule has 0 radical (unpaired) electrons. The van der Waals surface area contributed by atoms with Gasteiger partial charge in [0.1, 0.15) is 5.60 Å². The molecular weight excluding hydrogens is 180 g/mol. The minimum absolute atomic E-state index is 0.0778. The Morgan fingerprint density at radius 1 is 1.57 bits per heavy atom. The summed E-state index contributed by atoms with van der Waals surface area (Å²) in [7, 11) is 1.57. The Morgan fingerprint density at radius 2 is 2.14 bits per heavy atom. The van der Waals surface area contributed by atoms with E-state index in [0.717, 1.165) is 19.6 Å². The number of ether oxygens (including phenoxy) is 1. The second-order valence-corrected chi connectivity index (χ2v) is 4.12. The summed E-state index contributed by atoms with van der Waals surface area (Å²) >= 11 is 0. The van der Waals surface area contributed by atoms with Crippen molar-refractivity contribution >= 4 is 5.91 Å². The van der Waals surface area contributed by atoms with Crippen LogP contribution in [0.5, 0.6) is 0 Å². The molecule has 14 heavy (non-hydrogen) atoms. The minimum Gasteiger partial charge on any atom is -0.369 e. The third-order valence-corrected chi connectivity index (χ3v) is 2.83. The molecule has 0 aromatic rings. The van der Waals surface area contributed by atoms with Gasteiger partial charge in [-0.2, -0.15) is 0 Å². The standard InChI is InChI=1S/C10H20N2O2/c1-5-12(8-6-11-7-8)9(13)10(2,3)14-4/h8,11H,5-7H2,1-4H3. The van der Waals surface area contributed by atoms with E-state index in [1.54, 1.807) is 7.11 Å². The van der Waals surface area contributed by atoms with Gasteiger partial charge in [-0.3, -0.25) is 4.79 Å². The molecule has 1 N–H and O–H groups in total. The van der Waals surface area contributed by atoms with Crippen LogP contribution >= 0.6 is 0 Å². The number of hydrogen-bond donors (Lipinski definition) is 1. The highest BCUT2D eigenvalue weighted by molar-refractivity contribution is 5.84. The molecule has 1 rings (SSSR count). The summed E-state index contributed by atoms with van der Waals surface area (Å²) in [5.41, 5.74) is -0.703. The average molecular weight is 200 g/mol. The summed E-state index contributed by atoms with van der Waals surface area (Å²) < 4.78 is 5.19. The summed E-state index contributed by atoms with van der Waals surface area (Å²) in [6, 6.07) is 0.349. The fourth-order valence-electron chi connectivity index (χ4n) is 1.49. The monoisotopic (exact) mass is 200 g/mol. The zero-order valence-corrected chi connectivity index (χ0v) is 9.46. The van der Waals surface area contributed by atoms with E-state index >= 15 is 0 Å². The zero-order chi connectivity index (χ0) is 10.8. The maximum absolute atomic E-state index is 12.0. The summed E-state index contributed by atoms with van der Waals surface area (Å²) in [4.78, 5) is 13.9. The number of amides is 1. The molecule has 1 amide bonds. The SMILES string of the molecule is CCN(C(=O)C(C)(C)OC)C1CNC1. The average Bonchev–Trinajstić information content (AvgIpc) is 2.09. The van der Waals surface area contributed by atoms with Gasteiger partial charge < -0.3 is 15.0 Å². The molecular formula is C10H20N2O2. The lowest BCUT2D eigenvalue weighted by atomic mass is 10.0.